The van der Waals surface area contributed by atoms with Gasteiger partial charge in [0.2, 0.25) is 0 Å². The lowest BCUT2D eigenvalue weighted by Gasteiger charge is -2.37. The SMILES string of the molecule is O=C(OC[C@]1(F)CCNC1)N1CCc2ccccc2[C@@H]1c1ccc(F)cc1. The van der Waals surface area contributed by atoms with Crippen molar-refractivity contribution >= 4 is 6.09 Å². The molecule has 2 aromatic carbocycles. The van der Waals surface area contributed by atoms with E-state index in [4.69, 9.17) is 4.74 Å². The maximum atomic E-state index is 14.5. The fourth-order valence-electron chi connectivity index (χ4n) is 3.88. The predicted octanol–water partition coefficient (Wildman–Crippen LogP) is 3.61. The van der Waals surface area contributed by atoms with Gasteiger partial charge in [-0.1, -0.05) is 36.4 Å². The Bertz CT molecular complexity index is 819. The van der Waals surface area contributed by atoms with Crippen LogP contribution in [0.4, 0.5) is 13.6 Å². The van der Waals surface area contributed by atoms with Crippen LogP contribution in [-0.2, 0) is 11.2 Å². The van der Waals surface area contributed by atoms with E-state index in [2.05, 4.69) is 5.32 Å². The molecule has 0 radical (unpaired) electrons. The van der Waals surface area contributed by atoms with Crippen molar-refractivity contribution in [1.29, 1.82) is 0 Å². The molecule has 0 aromatic heterocycles. The molecule has 1 fully saturated rings. The average Bonchev–Trinajstić information content (AvgIpc) is 3.13. The molecule has 4 rings (SSSR count). The van der Waals surface area contributed by atoms with Crippen molar-refractivity contribution in [2.45, 2.75) is 24.6 Å². The van der Waals surface area contributed by atoms with Crippen molar-refractivity contribution in [3.05, 3.63) is 71.0 Å². The van der Waals surface area contributed by atoms with Crippen LogP contribution >= 0.6 is 0 Å². The number of fused-ring (bicyclic) bond motifs is 1. The van der Waals surface area contributed by atoms with Crippen molar-refractivity contribution in [2.75, 3.05) is 26.2 Å². The largest absolute Gasteiger partial charge is 0.446 e. The first-order chi connectivity index (χ1) is 13.1. The normalized spacial score (nSPS) is 24.5. The van der Waals surface area contributed by atoms with Crippen LogP contribution in [0.2, 0.25) is 0 Å². The zero-order valence-corrected chi connectivity index (χ0v) is 15.0. The number of benzene rings is 2. The first-order valence-corrected chi connectivity index (χ1v) is 9.22. The highest BCUT2D eigenvalue weighted by molar-refractivity contribution is 5.70. The molecule has 1 saturated heterocycles. The Morgan fingerprint density at radius 3 is 2.74 bits per heavy atom. The van der Waals surface area contributed by atoms with Crippen molar-refractivity contribution in [2.24, 2.45) is 0 Å². The van der Waals surface area contributed by atoms with Crippen molar-refractivity contribution in [1.82, 2.24) is 10.2 Å². The molecule has 4 nitrogen and oxygen atoms in total. The van der Waals surface area contributed by atoms with Crippen LogP contribution in [-0.4, -0.2) is 42.9 Å². The van der Waals surface area contributed by atoms with E-state index in [1.807, 2.05) is 24.3 Å². The molecule has 2 heterocycles. The minimum atomic E-state index is -1.51. The van der Waals surface area contributed by atoms with Gasteiger partial charge in [0, 0.05) is 13.1 Å². The van der Waals surface area contributed by atoms with Gasteiger partial charge in [-0.2, -0.15) is 0 Å². The van der Waals surface area contributed by atoms with Gasteiger partial charge in [-0.3, -0.25) is 4.90 Å². The van der Waals surface area contributed by atoms with Crippen LogP contribution in [0.1, 0.15) is 29.2 Å². The van der Waals surface area contributed by atoms with E-state index in [1.54, 1.807) is 17.0 Å². The number of ether oxygens (including phenoxy) is 1. The first-order valence-electron chi connectivity index (χ1n) is 9.22. The van der Waals surface area contributed by atoms with E-state index in [1.165, 1.54) is 12.1 Å². The summed E-state index contributed by atoms with van der Waals surface area (Å²) in [6.07, 6.45) is 0.498. The number of nitrogens with zero attached hydrogens (tertiary/aromatic N) is 1. The number of carbonyl (C=O) groups excluding carboxylic acids is 1. The van der Waals surface area contributed by atoms with E-state index >= 15 is 0 Å². The molecule has 0 aliphatic carbocycles. The van der Waals surface area contributed by atoms with Crippen molar-refractivity contribution < 1.29 is 18.3 Å². The third-order valence-corrected chi connectivity index (χ3v) is 5.35. The molecule has 2 atom stereocenters. The molecule has 0 spiro atoms. The van der Waals surface area contributed by atoms with Gasteiger partial charge < -0.3 is 10.1 Å². The summed E-state index contributed by atoms with van der Waals surface area (Å²) in [6.45, 7) is 0.996. The number of carbonyl (C=O) groups is 1. The van der Waals surface area contributed by atoms with Crippen molar-refractivity contribution in [3.8, 4) is 0 Å². The zero-order valence-electron chi connectivity index (χ0n) is 15.0. The summed E-state index contributed by atoms with van der Waals surface area (Å²) < 4.78 is 33.3. The third kappa shape index (κ3) is 3.67. The van der Waals surface area contributed by atoms with E-state index < -0.39 is 11.8 Å². The van der Waals surface area contributed by atoms with Gasteiger partial charge in [-0.05, 0) is 48.2 Å². The van der Waals surface area contributed by atoms with Crippen LogP contribution in [0.5, 0.6) is 0 Å². The standard InChI is InChI=1S/C21H22F2N2O2/c22-17-7-5-16(6-8-17)19-18-4-2-1-3-15(18)9-12-25(19)20(26)27-14-21(23)10-11-24-13-21/h1-8,19,24H,9-14H2/t19-,21-/m0/s1. The molecule has 1 N–H and O–H groups in total. The van der Waals surface area contributed by atoms with Gasteiger partial charge in [0.15, 0.2) is 5.67 Å². The van der Waals surface area contributed by atoms with E-state index in [0.717, 1.165) is 16.7 Å². The van der Waals surface area contributed by atoms with Gasteiger partial charge in [-0.15, -0.1) is 0 Å². The van der Waals surface area contributed by atoms with Crippen molar-refractivity contribution in [3.63, 3.8) is 0 Å². The molecule has 2 aliphatic rings. The average molecular weight is 372 g/mol. The molecule has 142 valence electrons. The van der Waals surface area contributed by atoms with Crippen LogP contribution in [0.25, 0.3) is 0 Å². The summed E-state index contributed by atoms with van der Waals surface area (Å²) in [5.41, 5.74) is 1.44. The number of hydrogen-bond acceptors (Lipinski definition) is 3. The molecule has 1 amide bonds. The fourth-order valence-corrected chi connectivity index (χ4v) is 3.88. The quantitative estimate of drug-likeness (QED) is 0.895. The first kappa shape index (κ1) is 17.9. The highest BCUT2D eigenvalue weighted by atomic mass is 19.1. The van der Waals surface area contributed by atoms with Crippen LogP contribution in [0.15, 0.2) is 48.5 Å². The monoisotopic (exact) mass is 372 g/mol. The Morgan fingerprint density at radius 2 is 2.00 bits per heavy atom. The maximum absolute atomic E-state index is 14.5. The summed E-state index contributed by atoms with van der Waals surface area (Å²) in [4.78, 5) is 14.4. The predicted molar refractivity (Wildman–Crippen MR) is 97.8 cm³/mol. The lowest BCUT2D eigenvalue weighted by atomic mass is 9.88. The summed E-state index contributed by atoms with van der Waals surface area (Å²) in [7, 11) is 0. The highest BCUT2D eigenvalue weighted by Crippen LogP contribution is 2.35. The molecule has 2 aromatic rings. The van der Waals surface area contributed by atoms with Gasteiger partial charge >= 0.3 is 6.09 Å². The van der Waals surface area contributed by atoms with Crippen LogP contribution in [0, 0.1) is 5.82 Å². The maximum Gasteiger partial charge on any atom is 0.410 e. The van der Waals surface area contributed by atoms with Gasteiger partial charge in [-0.25, -0.2) is 13.6 Å². The Kier molecular flexibility index (Phi) is 4.83. The number of alkyl halides is 1. The van der Waals surface area contributed by atoms with Gasteiger partial charge in [0.25, 0.3) is 0 Å². The molecule has 0 saturated carbocycles. The lowest BCUT2D eigenvalue weighted by Crippen LogP contribution is -2.43. The Balaban J connectivity index is 1.60. The Labute approximate surface area is 157 Å². The molecule has 2 aliphatic heterocycles. The van der Waals surface area contributed by atoms with Gasteiger partial charge in [0.1, 0.15) is 12.4 Å². The number of nitrogens with one attached hydrogen (secondary N) is 1. The number of amides is 1. The smallest absolute Gasteiger partial charge is 0.410 e. The molecule has 0 unspecified atom stereocenters. The van der Waals surface area contributed by atoms with E-state index in [-0.39, 0.29) is 25.0 Å². The third-order valence-electron chi connectivity index (χ3n) is 5.35. The molecule has 0 bridgehead atoms. The Hall–Kier alpha value is -2.47. The summed E-state index contributed by atoms with van der Waals surface area (Å²) in [6, 6.07) is 13.7. The lowest BCUT2D eigenvalue weighted by molar-refractivity contribution is 0.0343. The second-order valence-electron chi connectivity index (χ2n) is 7.23. The van der Waals surface area contributed by atoms with Crippen LogP contribution < -0.4 is 5.32 Å². The topological polar surface area (TPSA) is 41.6 Å². The minimum Gasteiger partial charge on any atom is -0.446 e. The van der Waals surface area contributed by atoms with Crippen LogP contribution in [0.3, 0.4) is 0 Å². The number of rotatable bonds is 3. The summed E-state index contributed by atoms with van der Waals surface area (Å²) >= 11 is 0. The molecular formula is C21H22F2N2O2. The molecule has 6 heteroatoms. The molecular weight excluding hydrogens is 350 g/mol. The Morgan fingerprint density at radius 1 is 1.22 bits per heavy atom. The number of hydrogen-bond donors (Lipinski definition) is 1. The van der Waals surface area contributed by atoms with Gasteiger partial charge in [0.05, 0.1) is 6.04 Å². The number of halogens is 2. The minimum absolute atomic E-state index is 0.199. The summed E-state index contributed by atoms with van der Waals surface area (Å²) in [5.74, 6) is -0.329. The fraction of sp³-hybridized carbons (Fsp3) is 0.381. The second kappa shape index (κ2) is 7.27. The van der Waals surface area contributed by atoms with E-state index in [0.29, 0.717) is 25.9 Å². The zero-order chi connectivity index (χ0) is 18.9. The summed E-state index contributed by atoms with van der Waals surface area (Å²) in [5, 5.41) is 2.95. The molecule has 27 heavy (non-hydrogen) atoms. The van der Waals surface area contributed by atoms with E-state index in [9.17, 15) is 13.6 Å². The highest BCUT2D eigenvalue weighted by Gasteiger charge is 2.38. The second-order valence-corrected chi connectivity index (χ2v) is 7.23.